The molecule has 1 aromatic carbocycles. The van der Waals surface area contributed by atoms with Gasteiger partial charge in [0.1, 0.15) is 23.8 Å². The molecule has 0 fully saturated rings. The molecule has 0 bridgehead atoms. The third-order valence-corrected chi connectivity index (χ3v) is 3.85. The van der Waals surface area contributed by atoms with Crippen LogP contribution in [0.15, 0.2) is 28.3 Å². The predicted octanol–water partition coefficient (Wildman–Crippen LogP) is 3.94. The molecule has 4 heteroatoms. The van der Waals surface area contributed by atoms with Gasteiger partial charge in [0.2, 0.25) is 0 Å². The first-order valence-corrected chi connectivity index (χ1v) is 7.57. The van der Waals surface area contributed by atoms with E-state index in [1.54, 1.807) is 14.2 Å². The predicted molar refractivity (Wildman–Crippen MR) is 94.4 cm³/mol. The first-order chi connectivity index (χ1) is 10.9. The quantitative estimate of drug-likeness (QED) is 0.791. The van der Waals surface area contributed by atoms with E-state index in [2.05, 4.69) is 11.1 Å². The molecular formula is C19H23NO3. The molecule has 4 nitrogen and oxygen atoms in total. The normalized spacial score (nSPS) is 14.1. The van der Waals surface area contributed by atoms with Crippen molar-refractivity contribution in [2.45, 2.75) is 27.7 Å². The van der Waals surface area contributed by atoms with Crippen molar-refractivity contribution in [2.24, 2.45) is 4.99 Å². The summed E-state index contributed by atoms with van der Waals surface area (Å²) in [4.78, 5) is 15.9. The number of rotatable bonds is 4. The SMILES string of the molecule is CN=C(C(C)=O)C1=C(C)c2cc(C=C(C)C)c(OC)cc2OC1. The molecule has 122 valence electrons. The molecule has 1 heterocycles. The van der Waals surface area contributed by atoms with E-state index in [-0.39, 0.29) is 5.78 Å². The Bertz CT molecular complexity index is 735. The van der Waals surface area contributed by atoms with Gasteiger partial charge in [-0.25, -0.2) is 0 Å². The number of benzene rings is 1. The Kier molecular flexibility index (Phi) is 5.04. The molecule has 1 aliphatic heterocycles. The average molecular weight is 313 g/mol. The van der Waals surface area contributed by atoms with E-state index in [0.29, 0.717) is 12.3 Å². The van der Waals surface area contributed by atoms with Gasteiger partial charge in [-0.05, 0) is 32.4 Å². The van der Waals surface area contributed by atoms with Gasteiger partial charge in [-0.2, -0.15) is 0 Å². The minimum Gasteiger partial charge on any atom is -0.496 e. The van der Waals surface area contributed by atoms with Crippen LogP contribution in [0, 0.1) is 0 Å². The second-order valence-corrected chi connectivity index (χ2v) is 5.83. The molecule has 2 rings (SSSR count). The highest BCUT2D eigenvalue weighted by molar-refractivity contribution is 6.46. The van der Waals surface area contributed by atoms with Crippen molar-refractivity contribution in [3.63, 3.8) is 0 Å². The number of hydrogen-bond acceptors (Lipinski definition) is 4. The van der Waals surface area contributed by atoms with Crippen LogP contribution >= 0.6 is 0 Å². The number of carbonyl (C=O) groups excluding carboxylic acids is 1. The summed E-state index contributed by atoms with van der Waals surface area (Å²) in [5, 5.41) is 0. The Morgan fingerprint density at radius 1 is 1.30 bits per heavy atom. The van der Waals surface area contributed by atoms with Gasteiger partial charge in [0.05, 0.1) is 7.11 Å². The summed E-state index contributed by atoms with van der Waals surface area (Å²) in [6.45, 7) is 7.96. The van der Waals surface area contributed by atoms with Crippen LogP contribution in [0.5, 0.6) is 11.5 Å². The van der Waals surface area contributed by atoms with Crippen LogP contribution in [0.1, 0.15) is 38.8 Å². The zero-order valence-corrected chi connectivity index (χ0v) is 14.6. The van der Waals surface area contributed by atoms with Crippen molar-refractivity contribution in [3.8, 4) is 11.5 Å². The maximum absolute atomic E-state index is 11.8. The van der Waals surface area contributed by atoms with E-state index >= 15 is 0 Å². The number of aliphatic imine (C=N–C) groups is 1. The van der Waals surface area contributed by atoms with Crippen LogP contribution in [0.4, 0.5) is 0 Å². The molecule has 0 atom stereocenters. The lowest BCUT2D eigenvalue weighted by Crippen LogP contribution is -2.22. The van der Waals surface area contributed by atoms with Crippen molar-refractivity contribution in [2.75, 3.05) is 20.8 Å². The maximum Gasteiger partial charge on any atom is 0.178 e. The van der Waals surface area contributed by atoms with Crippen LogP contribution in [-0.2, 0) is 4.79 Å². The molecule has 0 saturated heterocycles. The molecule has 0 amide bonds. The molecule has 0 aliphatic carbocycles. The van der Waals surface area contributed by atoms with Gasteiger partial charge in [-0.15, -0.1) is 0 Å². The highest BCUT2D eigenvalue weighted by Gasteiger charge is 2.24. The number of fused-ring (bicyclic) bond motifs is 1. The van der Waals surface area contributed by atoms with Crippen LogP contribution in [0.3, 0.4) is 0 Å². The van der Waals surface area contributed by atoms with Gasteiger partial charge in [0.15, 0.2) is 5.78 Å². The minimum atomic E-state index is -0.0491. The zero-order chi connectivity index (χ0) is 17.1. The average Bonchev–Trinajstić information content (AvgIpc) is 2.49. The third kappa shape index (κ3) is 3.36. The Labute approximate surface area is 137 Å². The van der Waals surface area contributed by atoms with Gasteiger partial charge in [-0.1, -0.05) is 11.6 Å². The van der Waals surface area contributed by atoms with Gasteiger partial charge in [-0.3, -0.25) is 9.79 Å². The Morgan fingerprint density at radius 3 is 2.52 bits per heavy atom. The third-order valence-electron chi connectivity index (χ3n) is 3.85. The number of allylic oxidation sites excluding steroid dienone is 2. The summed E-state index contributed by atoms with van der Waals surface area (Å²) in [6, 6.07) is 3.95. The van der Waals surface area contributed by atoms with E-state index < -0.39 is 0 Å². The maximum atomic E-state index is 11.8. The van der Waals surface area contributed by atoms with Crippen LogP contribution in [0.25, 0.3) is 11.6 Å². The van der Waals surface area contributed by atoms with E-state index in [9.17, 15) is 4.79 Å². The number of methoxy groups -OCH3 is 1. The van der Waals surface area contributed by atoms with Gasteiger partial charge in [0.25, 0.3) is 0 Å². The molecule has 0 aromatic heterocycles. The standard InChI is InChI=1S/C19H23NO3/c1-11(2)7-14-8-15-12(3)16(19(20-5)13(4)21)10-23-18(15)9-17(14)22-6/h7-9H,10H2,1-6H3. The zero-order valence-electron chi connectivity index (χ0n) is 14.6. The fourth-order valence-corrected chi connectivity index (χ4v) is 2.76. The van der Waals surface area contributed by atoms with Crippen molar-refractivity contribution >= 4 is 23.1 Å². The smallest absolute Gasteiger partial charge is 0.178 e. The number of Topliss-reactive ketones (excluding diaryl/α,β-unsaturated/α-hetero) is 1. The fourth-order valence-electron chi connectivity index (χ4n) is 2.76. The fraction of sp³-hybridized carbons (Fsp3) is 0.368. The largest absolute Gasteiger partial charge is 0.496 e. The van der Waals surface area contributed by atoms with E-state index in [0.717, 1.165) is 33.8 Å². The number of ether oxygens (including phenoxy) is 2. The first kappa shape index (κ1) is 17.0. The number of hydrogen-bond donors (Lipinski definition) is 0. The number of carbonyl (C=O) groups is 1. The summed E-state index contributed by atoms with van der Waals surface area (Å²) in [5.41, 5.74) is 5.50. The summed E-state index contributed by atoms with van der Waals surface area (Å²) in [7, 11) is 3.29. The van der Waals surface area contributed by atoms with Crippen LogP contribution < -0.4 is 9.47 Å². The molecular weight excluding hydrogens is 290 g/mol. The lowest BCUT2D eigenvalue weighted by Gasteiger charge is -2.24. The van der Waals surface area contributed by atoms with Gasteiger partial charge in [0, 0.05) is 36.7 Å². The summed E-state index contributed by atoms with van der Waals surface area (Å²) in [5.74, 6) is 1.50. The second kappa shape index (κ2) is 6.82. The monoisotopic (exact) mass is 313 g/mol. The Balaban J connectivity index is 2.65. The highest BCUT2D eigenvalue weighted by atomic mass is 16.5. The van der Waals surface area contributed by atoms with E-state index in [1.165, 1.54) is 12.5 Å². The van der Waals surface area contributed by atoms with Crippen LogP contribution in [-0.4, -0.2) is 32.3 Å². The summed E-state index contributed by atoms with van der Waals surface area (Å²) >= 11 is 0. The molecule has 0 N–H and O–H groups in total. The summed E-state index contributed by atoms with van der Waals surface area (Å²) < 4.78 is 11.3. The highest BCUT2D eigenvalue weighted by Crippen LogP contribution is 2.38. The Hall–Kier alpha value is -2.36. The van der Waals surface area contributed by atoms with Crippen molar-refractivity contribution in [1.29, 1.82) is 0 Å². The molecule has 0 saturated carbocycles. The second-order valence-electron chi connectivity index (χ2n) is 5.83. The van der Waals surface area contributed by atoms with Gasteiger partial charge < -0.3 is 9.47 Å². The Morgan fingerprint density at radius 2 is 2.00 bits per heavy atom. The topological polar surface area (TPSA) is 47.9 Å². The van der Waals surface area contributed by atoms with Crippen molar-refractivity contribution in [3.05, 3.63) is 34.4 Å². The lowest BCUT2D eigenvalue weighted by atomic mass is 9.92. The molecule has 1 aromatic rings. The first-order valence-electron chi connectivity index (χ1n) is 7.57. The summed E-state index contributed by atoms with van der Waals surface area (Å²) in [6.07, 6.45) is 2.07. The van der Waals surface area contributed by atoms with Crippen LogP contribution in [0.2, 0.25) is 0 Å². The lowest BCUT2D eigenvalue weighted by molar-refractivity contribution is -0.111. The van der Waals surface area contributed by atoms with Gasteiger partial charge >= 0.3 is 0 Å². The number of ketones is 1. The van der Waals surface area contributed by atoms with E-state index in [4.69, 9.17) is 9.47 Å². The molecule has 0 spiro atoms. The molecule has 23 heavy (non-hydrogen) atoms. The van der Waals surface area contributed by atoms with E-state index in [1.807, 2.05) is 32.9 Å². The number of nitrogens with zero attached hydrogens (tertiary/aromatic N) is 1. The minimum absolute atomic E-state index is 0.0491. The van der Waals surface area contributed by atoms with Crippen molar-refractivity contribution < 1.29 is 14.3 Å². The molecule has 1 aliphatic rings. The van der Waals surface area contributed by atoms with Crippen molar-refractivity contribution in [1.82, 2.24) is 0 Å². The molecule has 0 radical (unpaired) electrons. The molecule has 0 unspecified atom stereocenters.